The number of benzene rings is 2. The molecule has 0 saturated heterocycles. The maximum atomic E-state index is 12.0. The van der Waals surface area contributed by atoms with Crippen molar-refractivity contribution in [2.45, 2.75) is 38.6 Å². The molecular weight excluding hydrogens is 475 g/mol. The third-order valence-electron chi connectivity index (χ3n) is 5.12. The first-order valence-electron chi connectivity index (χ1n) is 10.1. The van der Waals surface area contributed by atoms with Crippen molar-refractivity contribution < 1.29 is 4.79 Å². The van der Waals surface area contributed by atoms with Crippen LogP contribution in [0, 0.1) is 0 Å². The summed E-state index contributed by atoms with van der Waals surface area (Å²) in [5, 5.41) is 9.67. The number of amides is 1. The molecule has 29 heavy (non-hydrogen) atoms. The van der Waals surface area contributed by atoms with Gasteiger partial charge in [-0.2, -0.15) is 0 Å². The molecule has 0 bridgehead atoms. The highest BCUT2D eigenvalue weighted by atomic mass is 127. The molecule has 1 amide bonds. The van der Waals surface area contributed by atoms with Gasteiger partial charge in [0.05, 0.1) is 6.54 Å². The van der Waals surface area contributed by atoms with Crippen molar-refractivity contribution in [3.63, 3.8) is 0 Å². The molecule has 1 saturated carbocycles. The first-order valence-corrected chi connectivity index (χ1v) is 10.1. The number of hydrogen-bond donors (Lipinski definition) is 3. The summed E-state index contributed by atoms with van der Waals surface area (Å²) in [6, 6.07) is 18.4. The van der Waals surface area contributed by atoms with E-state index in [4.69, 9.17) is 4.99 Å². The molecule has 2 aromatic carbocycles. The molecular formula is C23H31IN4O. The lowest BCUT2D eigenvalue weighted by Crippen LogP contribution is -2.41. The highest BCUT2D eigenvalue weighted by molar-refractivity contribution is 14.0. The van der Waals surface area contributed by atoms with E-state index < -0.39 is 0 Å². The molecule has 0 aromatic heterocycles. The molecule has 3 rings (SSSR count). The maximum absolute atomic E-state index is 12.0. The highest BCUT2D eigenvalue weighted by Crippen LogP contribution is 2.47. The van der Waals surface area contributed by atoms with Gasteiger partial charge in [0, 0.05) is 30.6 Å². The van der Waals surface area contributed by atoms with E-state index in [9.17, 15) is 4.79 Å². The van der Waals surface area contributed by atoms with Crippen LogP contribution in [0.1, 0.15) is 48.2 Å². The van der Waals surface area contributed by atoms with Gasteiger partial charge in [-0.1, -0.05) is 42.5 Å². The van der Waals surface area contributed by atoms with E-state index in [1.807, 2.05) is 31.2 Å². The SMILES string of the molecule is CCNC(=O)c1cccc(CN=C(NCC)NCC2(c3ccccc3)CC2)c1.I. The maximum Gasteiger partial charge on any atom is 0.251 e. The van der Waals surface area contributed by atoms with Gasteiger partial charge in [0.2, 0.25) is 0 Å². The fourth-order valence-electron chi connectivity index (χ4n) is 3.35. The van der Waals surface area contributed by atoms with Crippen molar-refractivity contribution >= 4 is 35.8 Å². The lowest BCUT2D eigenvalue weighted by atomic mass is 9.96. The van der Waals surface area contributed by atoms with Crippen LogP contribution in [0.4, 0.5) is 0 Å². The molecule has 1 aliphatic carbocycles. The third kappa shape index (κ3) is 6.45. The molecule has 0 spiro atoms. The van der Waals surface area contributed by atoms with Crippen LogP contribution in [0.25, 0.3) is 0 Å². The minimum absolute atomic E-state index is 0. The molecule has 5 nitrogen and oxygen atoms in total. The Hall–Kier alpha value is -2.09. The topological polar surface area (TPSA) is 65.5 Å². The Morgan fingerprint density at radius 1 is 0.966 bits per heavy atom. The van der Waals surface area contributed by atoms with E-state index in [0.29, 0.717) is 18.7 Å². The highest BCUT2D eigenvalue weighted by Gasteiger charge is 2.43. The van der Waals surface area contributed by atoms with E-state index in [1.165, 1.54) is 18.4 Å². The van der Waals surface area contributed by atoms with Crippen molar-refractivity contribution in [3.8, 4) is 0 Å². The summed E-state index contributed by atoms with van der Waals surface area (Å²) in [6.07, 6.45) is 2.41. The Morgan fingerprint density at radius 2 is 1.69 bits per heavy atom. The van der Waals surface area contributed by atoms with Gasteiger partial charge in [-0.3, -0.25) is 4.79 Å². The number of halogens is 1. The van der Waals surface area contributed by atoms with Crippen molar-refractivity contribution in [3.05, 3.63) is 71.3 Å². The normalized spacial score (nSPS) is 14.5. The molecule has 0 aliphatic heterocycles. The van der Waals surface area contributed by atoms with Crippen LogP contribution in [-0.4, -0.2) is 31.5 Å². The number of nitrogens with zero attached hydrogens (tertiary/aromatic N) is 1. The number of carbonyl (C=O) groups excluding carboxylic acids is 1. The van der Waals surface area contributed by atoms with Gasteiger partial charge in [0.15, 0.2) is 5.96 Å². The predicted octanol–water partition coefficient (Wildman–Crippen LogP) is 3.84. The lowest BCUT2D eigenvalue weighted by molar-refractivity contribution is 0.0955. The fraction of sp³-hybridized carbons (Fsp3) is 0.391. The number of guanidine groups is 1. The second kappa shape index (κ2) is 11.2. The van der Waals surface area contributed by atoms with Crippen LogP contribution >= 0.6 is 24.0 Å². The Balaban J connectivity index is 0.00000300. The largest absolute Gasteiger partial charge is 0.357 e. The van der Waals surface area contributed by atoms with Gasteiger partial charge < -0.3 is 16.0 Å². The Morgan fingerprint density at radius 3 is 2.34 bits per heavy atom. The number of rotatable bonds is 8. The smallest absolute Gasteiger partial charge is 0.251 e. The molecule has 1 fully saturated rings. The van der Waals surface area contributed by atoms with E-state index in [-0.39, 0.29) is 35.3 Å². The molecule has 0 heterocycles. The van der Waals surface area contributed by atoms with Gasteiger partial charge >= 0.3 is 0 Å². The van der Waals surface area contributed by atoms with Crippen LogP contribution in [0.2, 0.25) is 0 Å². The van der Waals surface area contributed by atoms with Gasteiger partial charge in [0.25, 0.3) is 5.91 Å². The number of carbonyl (C=O) groups is 1. The van der Waals surface area contributed by atoms with Crippen molar-refractivity contribution in [1.82, 2.24) is 16.0 Å². The van der Waals surface area contributed by atoms with E-state index in [2.05, 4.69) is 53.2 Å². The van der Waals surface area contributed by atoms with Crippen LogP contribution in [0.3, 0.4) is 0 Å². The monoisotopic (exact) mass is 506 g/mol. The molecule has 3 N–H and O–H groups in total. The Kier molecular flexibility index (Phi) is 8.95. The molecule has 2 aromatic rings. The average molecular weight is 506 g/mol. The summed E-state index contributed by atoms with van der Waals surface area (Å²) in [7, 11) is 0. The molecule has 1 aliphatic rings. The lowest BCUT2D eigenvalue weighted by Gasteiger charge is -2.19. The summed E-state index contributed by atoms with van der Waals surface area (Å²) in [5.41, 5.74) is 3.32. The summed E-state index contributed by atoms with van der Waals surface area (Å²) in [4.78, 5) is 16.7. The van der Waals surface area contributed by atoms with Crippen LogP contribution in [-0.2, 0) is 12.0 Å². The van der Waals surface area contributed by atoms with E-state index in [0.717, 1.165) is 24.6 Å². The molecule has 0 atom stereocenters. The van der Waals surface area contributed by atoms with Gasteiger partial charge in [-0.15, -0.1) is 24.0 Å². The zero-order chi connectivity index (χ0) is 19.8. The minimum Gasteiger partial charge on any atom is -0.357 e. The standard InChI is InChI=1S/C23H30N4O.HI/c1-3-24-21(28)19-10-8-9-18(15-19)16-26-22(25-4-2)27-17-23(13-14-23)20-11-6-5-7-12-20;/h5-12,15H,3-4,13-14,16-17H2,1-2H3,(H,24,28)(H2,25,26,27);1H. The van der Waals surface area contributed by atoms with Crippen molar-refractivity contribution in [1.29, 1.82) is 0 Å². The molecule has 156 valence electrons. The van der Waals surface area contributed by atoms with Gasteiger partial charge in [-0.25, -0.2) is 4.99 Å². The van der Waals surface area contributed by atoms with Crippen molar-refractivity contribution in [2.75, 3.05) is 19.6 Å². The zero-order valence-electron chi connectivity index (χ0n) is 17.2. The second-order valence-corrected chi connectivity index (χ2v) is 7.25. The predicted molar refractivity (Wildman–Crippen MR) is 130 cm³/mol. The summed E-state index contributed by atoms with van der Waals surface area (Å²) >= 11 is 0. The first kappa shape index (κ1) is 23.2. The third-order valence-corrected chi connectivity index (χ3v) is 5.12. The summed E-state index contributed by atoms with van der Waals surface area (Å²) in [6.45, 7) is 6.82. The number of hydrogen-bond acceptors (Lipinski definition) is 2. The van der Waals surface area contributed by atoms with Crippen LogP contribution in [0.5, 0.6) is 0 Å². The van der Waals surface area contributed by atoms with Crippen molar-refractivity contribution in [2.24, 2.45) is 4.99 Å². The van der Waals surface area contributed by atoms with E-state index in [1.54, 1.807) is 0 Å². The molecule has 0 radical (unpaired) electrons. The first-order chi connectivity index (χ1) is 13.7. The zero-order valence-corrected chi connectivity index (χ0v) is 19.5. The summed E-state index contributed by atoms with van der Waals surface area (Å²) < 4.78 is 0. The average Bonchev–Trinajstić information content (AvgIpc) is 3.52. The molecule has 6 heteroatoms. The fourth-order valence-corrected chi connectivity index (χ4v) is 3.35. The van der Waals surface area contributed by atoms with E-state index >= 15 is 0 Å². The second-order valence-electron chi connectivity index (χ2n) is 7.25. The quantitative estimate of drug-likeness (QED) is 0.290. The summed E-state index contributed by atoms with van der Waals surface area (Å²) in [5.74, 6) is 0.769. The van der Waals surface area contributed by atoms with Crippen LogP contribution < -0.4 is 16.0 Å². The number of nitrogens with one attached hydrogen (secondary N) is 3. The van der Waals surface area contributed by atoms with Crippen LogP contribution in [0.15, 0.2) is 59.6 Å². The Bertz CT molecular complexity index is 819. The minimum atomic E-state index is -0.0445. The van der Waals surface area contributed by atoms with Gasteiger partial charge in [0.1, 0.15) is 0 Å². The van der Waals surface area contributed by atoms with Gasteiger partial charge in [-0.05, 0) is 49.9 Å². The number of aliphatic imine (C=N–C) groups is 1. The Labute approximate surface area is 190 Å². The molecule has 0 unspecified atom stereocenters.